The molecule has 4 aromatic rings. The molecule has 0 bridgehead atoms. The van der Waals surface area contributed by atoms with Crippen LogP contribution in [0.1, 0.15) is 0 Å². The number of hydrogen-bond donors (Lipinski definition) is 2. The summed E-state index contributed by atoms with van der Waals surface area (Å²) >= 11 is 1.37. The molecule has 0 fully saturated rings. The van der Waals surface area contributed by atoms with Gasteiger partial charge in [-0.3, -0.25) is 9.97 Å². The van der Waals surface area contributed by atoms with Gasteiger partial charge < -0.3 is 10.7 Å². The molecule has 21 heavy (non-hydrogen) atoms. The summed E-state index contributed by atoms with van der Waals surface area (Å²) in [5.41, 5.74) is 9.52. The zero-order valence-corrected chi connectivity index (χ0v) is 11.6. The number of hydrogen-bond acceptors (Lipinski definition) is 6. The second kappa shape index (κ2) is 4.64. The molecule has 0 unspecified atom stereocenters. The Kier molecular flexibility index (Phi) is 2.65. The largest absolute Gasteiger partial charge is 0.374 e. The Bertz CT molecular complexity index is 912. The van der Waals surface area contributed by atoms with Gasteiger partial charge >= 0.3 is 0 Å². The number of anilines is 1. The van der Waals surface area contributed by atoms with E-state index < -0.39 is 0 Å². The van der Waals surface area contributed by atoms with Crippen LogP contribution in [0.5, 0.6) is 0 Å². The molecule has 0 aliphatic rings. The van der Waals surface area contributed by atoms with Crippen LogP contribution in [-0.2, 0) is 0 Å². The summed E-state index contributed by atoms with van der Waals surface area (Å²) < 4.78 is 0. The normalized spacial score (nSPS) is 11.0. The average Bonchev–Trinajstić information content (AvgIpc) is 3.13. The number of nitrogen functional groups attached to an aromatic ring is 1. The maximum Gasteiger partial charge on any atom is 0.203 e. The summed E-state index contributed by atoms with van der Waals surface area (Å²) in [5.74, 6) is 0. The Morgan fingerprint density at radius 2 is 2.10 bits per heavy atom. The first-order valence-corrected chi connectivity index (χ1v) is 7.10. The van der Waals surface area contributed by atoms with Gasteiger partial charge in [0.25, 0.3) is 0 Å². The van der Waals surface area contributed by atoms with Gasteiger partial charge in [-0.2, -0.15) is 0 Å². The molecule has 0 saturated carbocycles. The second-order valence-corrected chi connectivity index (χ2v) is 5.51. The summed E-state index contributed by atoms with van der Waals surface area (Å²) in [6.07, 6.45) is 7.03. The number of rotatable bonds is 2. The highest BCUT2D eigenvalue weighted by Gasteiger charge is 2.10. The molecular weight excluding hydrogens is 284 g/mol. The third-order valence-corrected chi connectivity index (χ3v) is 4.01. The minimum atomic E-state index is 0.466. The van der Waals surface area contributed by atoms with Gasteiger partial charge in [0.05, 0.1) is 11.9 Å². The van der Waals surface area contributed by atoms with Crippen LogP contribution in [0, 0.1) is 0 Å². The van der Waals surface area contributed by atoms with Crippen molar-refractivity contribution in [1.82, 2.24) is 25.1 Å². The summed E-state index contributed by atoms with van der Waals surface area (Å²) in [7, 11) is 0. The van der Waals surface area contributed by atoms with Crippen molar-refractivity contribution in [3.05, 3.63) is 43.0 Å². The number of benzene rings is 1. The highest BCUT2D eigenvalue weighted by atomic mass is 32.1. The van der Waals surface area contributed by atoms with Gasteiger partial charge in [0.1, 0.15) is 5.01 Å². The first-order valence-electron chi connectivity index (χ1n) is 6.28. The van der Waals surface area contributed by atoms with Crippen molar-refractivity contribution in [3.8, 4) is 21.8 Å². The predicted octanol–water partition coefficient (Wildman–Crippen LogP) is 2.73. The molecule has 1 aromatic carbocycles. The Hall–Kier alpha value is -2.80. The lowest BCUT2D eigenvalue weighted by Gasteiger charge is -2.00. The molecule has 3 N–H and O–H groups in total. The van der Waals surface area contributed by atoms with E-state index in [0.29, 0.717) is 5.13 Å². The monoisotopic (exact) mass is 294 g/mol. The zero-order chi connectivity index (χ0) is 14.2. The number of aromatic amines is 1. The van der Waals surface area contributed by atoms with Crippen molar-refractivity contribution >= 4 is 27.4 Å². The Morgan fingerprint density at radius 3 is 2.86 bits per heavy atom. The average molecular weight is 294 g/mol. The number of nitrogens with zero attached hydrogens (tertiary/aromatic N) is 4. The highest BCUT2D eigenvalue weighted by molar-refractivity contribution is 7.18. The van der Waals surface area contributed by atoms with Crippen LogP contribution >= 0.6 is 11.3 Å². The van der Waals surface area contributed by atoms with Gasteiger partial charge in [0, 0.05) is 40.6 Å². The van der Waals surface area contributed by atoms with E-state index in [-0.39, 0.29) is 0 Å². The van der Waals surface area contributed by atoms with E-state index in [4.69, 9.17) is 5.73 Å². The molecule has 3 aromatic heterocycles. The summed E-state index contributed by atoms with van der Waals surface area (Å²) in [5, 5.41) is 10.3. The molecule has 0 saturated heterocycles. The Morgan fingerprint density at radius 1 is 1.14 bits per heavy atom. The van der Waals surface area contributed by atoms with Gasteiger partial charge in [0.15, 0.2) is 0 Å². The SMILES string of the molecule is Nc1nnc(-c2ccc3[nH]cc(-c4cnccn4)c3c2)s1. The van der Waals surface area contributed by atoms with E-state index in [1.54, 1.807) is 18.6 Å². The van der Waals surface area contributed by atoms with Crippen molar-refractivity contribution in [2.75, 3.05) is 5.73 Å². The van der Waals surface area contributed by atoms with Crippen LogP contribution in [0.15, 0.2) is 43.0 Å². The smallest absolute Gasteiger partial charge is 0.203 e. The molecule has 0 amide bonds. The number of aromatic nitrogens is 5. The molecule has 0 spiro atoms. The van der Waals surface area contributed by atoms with Crippen molar-refractivity contribution in [2.45, 2.75) is 0 Å². The topological polar surface area (TPSA) is 93.4 Å². The van der Waals surface area contributed by atoms with Crippen molar-refractivity contribution in [2.24, 2.45) is 0 Å². The molecule has 0 radical (unpaired) electrons. The first kappa shape index (κ1) is 12.0. The molecule has 7 heteroatoms. The minimum Gasteiger partial charge on any atom is -0.374 e. The van der Waals surface area contributed by atoms with Crippen LogP contribution in [0.4, 0.5) is 5.13 Å². The maximum atomic E-state index is 5.65. The van der Waals surface area contributed by atoms with E-state index in [1.165, 1.54) is 11.3 Å². The number of fused-ring (bicyclic) bond motifs is 1. The molecule has 0 aliphatic carbocycles. The van der Waals surface area contributed by atoms with Crippen molar-refractivity contribution in [3.63, 3.8) is 0 Å². The zero-order valence-electron chi connectivity index (χ0n) is 10.8. The second-order valence-electron chi connectivity index (χ2n) is 4.50. The van der Waals surface area contributed by atoms with Crippen LogP contribution < -0.4 is 5.73 Å². The third kappa shape index (κ3) is 2.03. The highest BCUT2D eigenvalue weighted by Crippen LogP contribution is 2.32. The molecule has 0 aliphatic heterocycles. The van der Waals surface area contributed by atoms with Crippen LogP contribution in [0.2, 0.25) is 0 Å². The first-order chi connectivity index (χ1) is 10.3. The van der Waals surface area contributed by atoms with E-state index in [2.05, 4.69) is 31.2 Å². The molecule has 0 atom stereocenters. The van der Waals surface area contributed by atoms with Gasteiger partial charge in [-0.05, 0) is 18.2 Å². The third-order valence-electron chi connectivity index (χ3n) is 3.21. The summed E-state index contributed by atoms with van der Waals surface area (Å²) in [6.45, 7) is 0. The van der Waals surface area contributed by atoms with Crippen LogP contribution in [-0.4, -0.2) is 25.1 Å². The molecule has 3 heterocycles. The lowest BCUT2D eigenvalue weighted by atomic mass is 10.1. The predicted molar refractivity (Wildman–Crippen MR) is 82.6 cm³/mol. The lowest BCUT2D eigenvalue weighted by Crippen LogP contribution is -1.83. The fourth-order valence-corrected chi connectivity index (χ4v) is 2.86. The van der Waals surface area contributed by atoms with Gasteiger partial charge in [0.2, 0.25) is 5.13 Å². The van der Waals surface area contributed by atoms with E-state index in [9.17, 15) is 0 Å². The van der Waals surface area contributed by atoms with Gasteiger partial charge in [-0.15, -0.1) is 10.2 Å². The number of nitrogens with one attached hydrogen (secondary N) is 1. The van der Waals surface area contributed by atoms with Gasteiger partial charge in [-0.25, -0.2) is 0 Å². The van der Waals surface area contributed by atoms with E-state index in [1.807, 2.05) is 18.3 Å². The Balaban J connectivity index is 1.90. The van der Waals surface area contributed by atoms with E-state index in [0.717, 1.165) is 32.7 Å². The fraction of sp³-hybridized carbons (Fsp3) is 0. The lowest BCUT2D eigenvalue weighted by molar-refractivity contribution is 1.10. The van der Waals surface area contributed by atoms with Crippen molar-refractivity contribution in [1.29, 1.82) is 0 Å². The minimum absolute atomic E-state index is 0.466. The van der Waals surface area contributed by atoms with E-state index >= 15 is 0 Å². The molecular formula is C14H10N6S. The number of H-pyrrole nitrogens is 1. The van der Waals surface area contributed by atoms with Crippen molar-refractivity contribution < 1.29 is 0 Å². The standard InChI is InChI=1S/C14H10N6S/c15-14-20-19-13(21-14)8-1-2-11-9(5-8)10(6-18-11)12-7-16-3-4-17-12/h1-7,18H,(H2,15,20). The fourth-order valence-electron chi connectivity index (χ4n) is 2.25. The van der Waals surface area contributed by atoms with Crippen LogP contribution in [0.25, 0.3) is 32.7 Å². The molecule has 4 rings (SSSR count). The molecule has 6 nitrogen and oxygen atoms in total. The maximum absolute atomic E-state index is 5.65. The quantitative estimate of drug-likeness (QED) is 0.593. The summed E-state index contributed by atoms with van der Waals surface area (Å²) in [6, 6.07) is 6.08. The Labute approximate surface area is 123 Å². The van der Waals surface area contributed by atoms with Crippen LogP contribution in [0.3, 0.4) is 0 Å². The molecule has 102 valence electrons. The van der Waals surface area contributed by atoms with Gasteiger partial charge in [-0.1, -0.05) is 11.3 Å². The number of nitrogens with two attached hydrogens (primary N) is 1. The summed E-state index contributed by atoms with van der Waals surface area (Å²) in [4.78, 5) is 11.7.